The highest BCUT2D eigenvalue weighted by atomic mass is 16.3. The summed E-state index contributed by atoms with van der Waals surface area (Å²) in [5.74, 6) is 1.02. The summed E-state index contributed by atoms with van der Waals surface area (Å²) in [7, 11) is 0. The molecule has 0 saturated heterocycles. The molecule has 1 fully saturated rings. The molecule has 1 N–H and O–H groups in total. The molecule has 0 amide bonds. The molecule has 1 heterocycles. The fourth-order valence-electron chi connectivity index (χ4n) is 1.83. The fraction of sp³-hybridized carbons (Fsp3) is 0.583. The van der Waals surface area contributed by atoms with Gasteiger partial charge in [-0.1, -0.05) is 13.0 Å². The first-order valence-corrected chi connectivity index (χ1v) is 5.68. The summed E-state index contributed by atoms with van der Waals surface area (Å²) in [6.45, 7) is 3.27. The normalized spacial score (nSPS) is 15.3. The highest BCUT2D eigenvalue weighted by Crippen LogP contribution is 2.30. The van der Waals surface area contributed by atoms with Gasteiger partial charge in [0.05, 0.1) is 12.3 Å². The number of aliphatic hydroxyl groups is 1. The number of hydrogen-bond acceptors (Lipinski definition) is 3. The van der Waals surface area contributed by atoms with Crippen LogP contribution in [0.3, 0.4) is 0 Å². The molecule has 1 aliphatic rings. The lowest BCUT2D eigenvalue weighted by molar-refractivity contribution is 0.277. The van der Waals surface area contributed by atoms with Crippen LogP contribution < -0.4 is 4.90 Å². The first-order valence-electron chi connectivity index (χ1n) is 5.68. The molecule has 3 heteroatoms. The van der Waals surface area contributed by atoms with Crippen molar-refractivity contribution in [3.63, 3.8) is 0 Å². The average Bonchev–Trinajstić information content (AvgIpc) is 3.10. The summed E-state index contributed by atoms with van der Waals surface area (Å²) in [5, 5.41) is 9.05. The van der Waals surface area contributed by atoms with Crippen molar-refractivity contribution in [2.24, 2.45) is 0 Å². The summed E-state index contributed by atoms with van der Waals surface area (Å²) < 4.78 is 0. The van der Waals surface area contributed by atoms with E-state index in [2.05, 4.69) is 16.8 Å². The van der Waals surface area contributed by atoms with E-state index in [-0.39, 0.29) is 6.61 Å². The standard InChI is InChI=1S/C12H18N2O/c1-2-8-14(11-6-7-11)12-5-3-4-10(9-15)13-12/h3-5,11,15H,2,6-9H2,1H3. The van der Waals surface area contributed by atoms with Crippen LogP contribution in [0.15, 0.2) is 18.2 Å². The number of aliphatic hydroxyl groups excluding tert-OH is 1. The topological polar surface area (TPSA) is 36.4 Å². The van der Waals surface area contributed by atoms with Crippen molar-refractivity contribution in [1.29, 1.82) is 0 Å². The lowest BCUT2D eigenvalue weighted by Crippen LogP contribution is -2.27. The molecular weight excluding hydrogens is 188 g/mol. The van der Waals surface area contributed by atoms with Gasteiger partial charge in [-0.05, 0) is 31.4 Å². The molecular formula is C12H18N2O. The second-order valence-electron chi connectivity index (χ2n) is 4.07. The summed E-state index contributed by atoms with van der Waals surface area (Å²) in [6, 6.07) is 6.55. The molecule has 1 saturated carbocycles. The predicted octanol–water partition coefficient (Wildman–Crippen LogP) is 1.95. The average molecular weight is 206 g/mol. The molecule has 82 valence electrons. The number of nitrogens with zero attached hydrogens (tertiary/aromatic N) is 2. The number of rotatable bonds is 5. The second kappa shape index (κ2) is 4.62. The van der Waals surface area contributed by atoms with Gasteiger partial charge in [-0.3, -0.25) is 0 Å². The van der Waals surface area contributed by atoms with Crippen molar-refractivity contribution < 1.29 is 5.11 Å². The molecule has 1 aromatic rings. The van der Waals surface area contributed by atoms with Crippen LogP contribution in [0.25, 0.3) is 0 Å². The largest absolute Gasteiger partial charge is 0.390 e. The van der Waals surface area contributed by atoms with Crippen LogP contribution in [-0.4, -0.2) is 22.7 Å². The minimum absolute atomic E-state index is 0.0263. The van der Waals surface area contributed by atoms with Crippen LogP contribution >= 0.6 is 0 Å². The predicted molar refractivity (Wildman–Crippen MR) is 60.8 cm³/mol. The van der Waals surface area contributed by atoms with Gasteiger partial charge in [-0.25, -0.2) is 4.98 Å². The second-order valence-corrected chi connectivity index (χ2v) is 4.07. The first kappa shape index (κ1) is 10.4. The van der Waals surface area contributed by atoms with Gasteiger partial charge in [-0.2, -0.15) is 0 Å². The third kappa shape index (κ3) is 2.48. The molecule has 0 aromatic carbocycles. The number of anilines is 1. The van der Waals surface area contributed by atoms with Gasteiger partial charge < -0.3 is 10.0 Å². The number of hydrogen-bond donors (Lipinski definition) is 1. The minimum Gasteiger partial charge on any atom is -0.390 e. The minimum atomic E-state index is 0.0263. The van der Waals surface area contributed by atoms with Gasteiger partial charge in [0.2, 0.25) is 0 Å². The summed E-state index contributed by atoms with van der Waals surface area (Å²) in [6.07, 6.45) is 3.71. The lowest BCUT2D eigenvalue weighted by atomic mass is 10.3. The van der Waals surface area contributed by atoms with E-state index < -0.39 is 0 Å². The molecule has 0 radical (unpaired) electrons. The molecule has 1 aromatic heterocycles. The monoisotopic (exact) mass is 206 g/mol. The van der Waals surface area contributed by atoms with Gasteiger partial charge >= 0.3 is 0 Å². The molecule has 2 rings (SSSR count). The maximum absolute atomic E-state index is 9.05. The maximum Gasteiger partial charge on any atom is 0.129 e. The highest BCUT2D eigenvalue weighted by molar-refractivity contribution is 5.42. The SMILES string of the molecule is CCCN(c1cccc(CO)n1)C1CC1. The first-order chi connectivity index (χ1) is 7.35. The zero-order valence-electron chi connectivity index (χ0n) is 9.19. The van der Waals surface area contributed by atoms with Crippen LogP contribution in [0.4, 0.5) is 5.82 Å². The fourth-order valence-corrected chi connectivity index (χ4v) is 1.83. The molecule has 1 aliphatic carbocycles. The van der Waals surface area contributed by atoms with E-state index in [4.69, 9.17) is 5.11 Å². The Bertz CT molecular complexity index is 323. The smallest absolute Gasteiger partial charge is 0.129 e. The van der Waals surface area contributed by atoms with E-state index >= 15 is 0 Å². The zero-order chi connectivity index (χ0) is 10.7. The molecule has 0 unspecified atom stereocenters. The summed E-state index contributed by atoms with van der Waals surface area (Å²) in [4.78, 5) is 6.81. The third-order valence-electron chi connectivity index (χ3n) is 2.70. The molecule has 0 spiro atoms. The molecule has 0 aliphatic heterocycles. The van der Waals surface area contributed by atoms with E-state index in [0.29, 0.717) is 6.04 Å². The zero-order valence-corrected chi connectivity index (χ0v) is 9.19. The third-order valence-corrected chi connectivity index (χ3v) is 2.70. The summed E-state index contributed by atoms with van der Waals surface area (Å²) in [5.41, 5.74) is 0.759. The Morgan fingerprint density at radius 1 is 1.47 bits per heavy atom. The van der Waals surface area contributed by atoms with Crippen molar-refractivity contribution in [2.45, 2.75) is 38.8 Å². The van der Waals surface area contributed by atoms with Gasteiger partial charge in [0.15, 0.2) is 0 Å². The van der Waals surface area contributed by atoms with Crippen molar-refractivity contribution >= 4 is 5.82 Å². The number of pyridine rings is 1. The van der Waals surface area contributed by atoms with Crippen molar-refractivity contribution in [2.75, 3.05) is 11.4 Å². The Labute approximate surface area is 90.8 Å². The van der Waals surface area contributed by atoms with E-state index in [1.165, 1.54) is 12.8 Å². The van der Waals surface area contributed by atoms with E-state index in [0.717, 1.165) is 24.5 Å². The van der Waals surface area contributed by atoms with Gasteiger partial charge in [0, 0.05) is 12.6 Å². The summed E-state index contributed by atoms with van der Waals surface area (Å²) >= 11 is 0. The Kier molecular flexibility index (Phi) is 3.21. The Hall–Kier alpha value is -1.09. The number of aromatic nitrogens is 1. The Morgan fingerprint density at radius 2 is 2.27 bits per heavy atom. The van der Waals surface area contributed by atoms with E-state index in [1.54, 1.807) is 0 Å². The van der Waals surface area contributed by atoms with Gasteiger partial charge in [-0.15, -0.1) is 0 Å². The Balaban J connectivity index is 2.16. The highest BCUT2D eigenvalue weighted by Gasteiger charge is 2.29. The maximum atomic E-state index is 9.05. The van der Waals surface area contributed by atoms with Crippen molar-refractivity contribution in [1.82, 2.24) is 4.98 Å². The van der Waals surface area contributed by atoms with Crippen LogP contribution in [0, 0.1) is 0 Å². The molecule has 0 atom stereocenters. The van der Waals surface area contributed by atoms with Crippen LogP contribution in [0.1, 0.15) is 31.9 Å². The van der Waals surface area contributed by atoms with Gasteiger partial charge in [0.1, 0.15) is 5.82 Å². The van der Waals surface area contributed by atoms with Crippen LogP contribution in [0.5, 0.6) is 0 Å². The molecule has 0 bridgehead atoms. The van der Waals surface area contributed by atoms with E-state index in [1.807, 2.05) is 18.2 Å². The van der Waals surface area contributed by atoms with Crippen molar-refractivity contribution in [3.8, 4) is 0 Å². The Morgan fingerprint density at radius 3 is 2.87 bits per heavy atom. The molecule has 15 heavy (non-hydrogen) atoms. The van der Waals surface area contributed by atoms with Crippen LogP contribution in [-0.2, 0) is 6.61 Å². The van der Waals surface area contributed by atoms with Crippen molar-refractivity contribution in [3.05, 3.63) is 23.9 Å². The lowest BCUT2D eigenvalue weighted by Gasteiger charge is -2.23. The van der Waals surface area contributed by atoms with Crippen LogP contribution in [0.2, 0.25) is 0 Å². The van der Waals surface area contributed by atoms with E-state index in [9.17, 15) is 0 Å². The van der Waals surface area contributed by atoms with Gasteiger partial charge in [0.25, 0.3) is 0 Å². The molecule has 3 nitrogen and oxygen atoms in total. The quantitative estimate of drug-likeness (QED) is 0.800.